The van der Waals surface area contributed by atoms with E-state index in [1.807, 2.05) is 6.26 Å². The Bertz CT molecular complexity index is 632. The maximum Gasteiger partial charge on any atom is 0.325 e. The number of carboxylic acid groups (broad SMARTS) is 1. The van der Waals surface area contributed by atoms with Gasteiger partial charge in [0, 0.05) is 6.42 Å². The number of primary amides is 1. The van der Waals surface area contributed by atoms with Crippen LogP contribution in [-0.4, -0.2) is 82.1 Å². The van der Waals surface area contributed by atoms with Crippen molar-refractivity contribution in [3.05, 3.63) is 0 Å². The predicted molar refractivity (Wildman–Crippen MR) is 110 cm³/mol. The first-order chi connectivity index (χ1) is 13.9. The van der Waals surface area contributed by atoms with E-state index in [0.717, 1.165) is 0 Å². The Labute approximate surface area is 178 Å². The van der Waals surface area contributed by atoms with Crippen molar-refractivity contribution < 1.29 is 34.2 Å². The number of carboxylic acids is 1. The number of nitrogens with two attached hydrogens (primary N) is 2. The molecule has 0 heterocycles. The fourth-order valence-corrected chi connectivity index (χ4v) is 2.72. The third-order valence-corrected chi connectivity index (χ3v) is 4.72. The third-order valence-electron chi connectivity index (χ3n) is 4.07. The highest BCUT2D eigenvalue weighted by atomic mass is 32.2. The molecule has 12 nitrogen and oxygen atoms in total. The molecule has 30 heavy (non-hydrogen) atoms. The van der Waals surface area contributed by atoms with E-state index in [1.165, 1.54) is 25.6 Å². The molecule has 172 valence electrons. The lowest BCUT2D eigenvalue weighted by atomic mass is 10.1. The van der Waals surface area contributed by atoms with Crippen molar-refractivity contribution in [1.82, 2.24) is 16.0 Å². The van der Waals surface area contributed by atoms with Crippen LogP contribution < -0.4 is 27.4 Å². The summed E-state index contributed by atoms with van der Waals surface area (Å²) in [7, 11) is 0. The SMILES string of the molecule is CSCCC(N)C(=O)NC(CCC(N)=O)C(=O)NC(C(=O)NC(C)C(=O)O)C(C)O. The number of carbonyl (C=O) groups is 5. The topological polar surface area (TPSA) is 214 Å². The normalized spacial score (nSPS) is 15.8. The van der Waals surface area contributed by atoms with E-state index in [4.69, 9.17) is 16.6 Å². The zero-order chi connectivity index (χ0) is 23.4. The average molecular weight is 450 g/mol. The second kappa shape index (κ2) is 13.8. The Morgan fingerprint density at radius 1 is 0.967 bits per heavy atom. The molecule has 13 heteroatoms. The number of rotatable bonds is 14. The van der Waals surface area contributed by atoms with E-state index < -0.39 is 59.9 Å². The van der Waals surface area contributed by atoms with Gasteiger partial charge in [0.1, 0.15) is 18.1 Å². The largest absolute Gasteiger partial charge is 0.480 e. The van der Waals surface area contributed by atoms with Crippen LogP contribution in [0.3, 0.4) is 0 Å². The van der Waals surface area contributed by atoms with Crippen molar-refractivity contribution >= 4 is 41.4 Å². The molecular weight excluding hydrogens is 418 g/mol. The lowest BCUT2D eigenvalue weighted by Gasteiger charge is -2.26. The number of aliphatic hydroxyl groups excluding tert-OH is 1. The molecule has 0 saturated carbocycles. The van der Waals surface area contributed by atoms with E-state index >= 15 is 0 Å². The van der Waals surface area contributed by atoms with Crippen molar-refractivity contribution in [3.63, 3.8) is 0 Å². The van der Waals surface area contributed by atoms with Gasteiger partial charge in [-0.1, -0.05) is 0 Å². The summed E-state index contributed by atoms with van der Waals surface area (Å²) in [5.41, 5.74) is 10.9. The molecule has 0 spiro atoms. The minimum atomic E-state index is -1.49. The van der Waals surface area contributed by atoms with Gasteiger partial charge in [-0.15, -0.1) is 0 Å². The second-order valence-corrected chi connectivity index (χ2v) is 7.74. The summed E-state index contributed by atoms with van der Waals surface area (Å²) in [6.07, 6.45) is 0.469. The Hall–Kier alpha value is -2.38. The van der Waals surface area contributed by atoms with E-state index in [1.54, 1.807) is 0 Å². The van der Waals surface area contributed by atoms with Gasteiger partial charge in [0.25, 0.3) is 0 Å². The lowest BCUT2D eigenvalue weighted by Crippen LogP contribution is -2.59. The molecule has 4 amide bonds. The van der Waals surface area contributed by atoms with Crippen LogP contribution in [0.4, 0.5) is 0 Å². The van der Waals surface area contributed by atoms with Crippen LogP contribution in [-0.2, 0) is 24.0 Å². The van der Waals surface area contributed by atoms with Crippen LogP contribution in [0.5, 0.6) is 0 Å². The molecule has 0 bridgehead atoms. The van der Waals surface area contributed by atoms with Crippen LogP contribution in [0.2, 0.25) is 0 Å². The zero-order valence-electron chi connectivity index (χ0n) is 17.2. The number of thioether (sulfide) groups is 1. The predicted octanol–water partition coefficient (Wildman–Crippen LogP) is -2.73. The molecule has 0 aliphatic rings. The molecule has 0 aromatic rings. The molecule has 5 atom stereocenters. The molecule has 0 fully saturated rings. The molecule has 0 aromatic heterocycles. The monoisotopic (exact) mass is 449 g/mol. The van der Waals surface area contributed by atoms with Crippen LogP contribution in [0.1, 0.15) is 33.1 Å². The summed E-state index contributed by atoms with van der Waals surface area (Å²) in [5.74, 6) is -3.78. The molecule has 0 rings (SSSR count). The molecule has 0 aromatic carbocycles. The first-order valence-electron chi connectivity index (χ1n) is 9.25. The van der Waals surface area contributed by atoms with Gasteiger partial charge in [0.05, 0.1) is 12.1 Å². The summed E-state index contributed by atoms with van der Waals surface area (Å²) in [6.45, 7) is 2.44. The maximum atomic E-state index is 12.6. The van der Waals surface area contributed by atoms with Gasteiger partial charge in [0.15, 0.2) is 0 Å². The number of nitrogens with one attached hydrogen (secondary N) is 3. The van der Waals surface area contributed by atoms with Crippen LogP contribution in [0.15, 0.2) is 0 Å². The van der Waals surface area contributed by atoms with E-state index in [0.29, 0.717) is 12.2 Å². The standard InChI is InChI=1S/C17H31N5O7S/c1-8(17(28)29)20-16(27)13(9(2)23)22-15(26)11(4-5-12(19)24)21-14(25)10(18)6-7-30-3/h8-11,13,23H,4-7,18H2,1-3H3,(H2,19,24)(H,20,27)(H,21,25)(H,22,26)(H,28,29). The van der Waals surface area contributed by atoms with Crippen LogP contribution >= 0.6 is 11.8 Å². The molecule has 0 radical (unpaired) electrons. The molecule has 0 saturated heterocycles. The first-order valence-corrected chi connectivity index (χ1v) is 10.6. The van der Waals surface area contributed by atoms with Gasteiger partial charge < -0.3 is 37.6 Å². The highest BCUT2D eigenvalue weighted by molar-refractivity contribution is 7.98. The molecule has 9 N–H and O–H groups in total. The molecule has 5 unspecified atom stereocenters. The van der Waals surface area contributed by atoms with Crippen molar-refractivity contribution in [2.75, 3.05) is 12.0 Å². The van der Waals surface area contributed by atoms with Gasteiger partial charge in [-0.05, 0) is 38.7 Å². The smallest absolute Gasteiger partial charge is 0.325 e. The number of hydrogen-bond donors (Lipinski definition) is 7. The van der Waals surface area contributed by atoms with Crippen LogP contribution in [0, 0.1) is 0 Å². The number of aliphatic carboxylic acids is 1. The van der Waals surface area contributed by atoms with E-state index in [-0.39, 0.29) is 12.8 Å². The summed E-state index contributed by atoms with van der Waals surface area (Å²) >= 11 is 1.49. The quantitative estimate of drug-likeness (QED) is 0.146. The van der Waals surface area contributed by atoms with Gasteiger partial charge in [-0.2, -0.15) is 11.8 Å². The number of aliphatic hydroxyl groups is 1. The Balaban J connectivity index is 5.29. The Morgan fingerprint density at radius 2 is 1.57 bits per heavy atom. The third kappa shape index (κ3) is 10.4. The van der Waals surface area contributed by atoms with Gasteiger partial charge in [-0.25, -0.2) is 0 Å². The lowest BCUT2D eigenvalue weighted by molar-refractivity contribution is -0.142. The Kier molecular flexibility index (Phi) is 12.7. The number of carbonyl (C=O) groups excluding carboxylic acids is 4. The summed E-state index contributed by atoms with van der Waals surface area (Å²) in [6, 6.07) is -4.86. The fraction of sp³-hybridized carbons (Fsp3) is 0.706. The number of hydrogen-bond acceptors (Lipinski definition) is 8. The van der Waals surface area contributed by atoms with Crippen molar-refractivity contribution in [2.24, 2.45) is 11.5 Å². The summed E-state index contributed by atoms with van der Waals surface area (Å²) in [4.78, 5) is 59.1. The van der Waals surface area contributed by atoms with E-state index in [9.17, 15) is 29.1 Å². The molecular formula is C17H31N5O7S. The molecule has 0 aliphatic heterocycles. The Morgan fingerprint density at radius 3 is 2.03 bits per heavy atom. The highest BCUT2D eigenvalue weighted by Crippen LogP contribution is 2.04. The van der Waals surface area contributed by atoms with Crippen LogP contribution in [0.25, 0.3) is 0 Å². The van der Waals surface area contributed by atoms with Crippen molar-refractivity contribution in [3.8, 4) is 0 Å². The van der Waals surface area contributed by atoms with E-state index in [2.05, 4.69) is 16.0 Å². The van der Waals surface area contributed by atoms with Gasteiger partial charge in [-0.3, -0.25) is 24.0 Å². The average Bonchev–Trinajstić information content (AvgIpc) is 2.65. The first kappa shape index (κ1) is 27.6. The number of amides is 4. The molecule has 0 aliphatic carbocycles. The minimum absolute atomic E-state index is 0.151. The van der Waals surface area contributed by atoms with Gasteiger partial charge >= 0.3 is 5.97 Å². The summed E-state index contributed by atoms with van der Waals surface area (Å²) in [5, 5.41) is 25.6. The summed E-state index contributed by atoms with van der Waals surface area (Å²) < 4.78 is 0. The second-order valence-electron chi connectivity index (χ2n) is 6.75. The minimum Gasteiger partial charge on any atom is -0.480 e. The highest BCUT2D eigenvalue weighted by Gasteiger charge is 2.31. The zero-order valence-corrected chi connectivity index (χ0v) is 18.0. The fourth-order valence-electron chi connectivity index (χ4n) is 2.23. The van der Waals surface area contributed by atoms with Gasteiger partial charge in [0.2, 0.25) is 23.6 Å². The van der Waals surface area contributed by atoms with Crippen molar-refractivity contribution in [1.29, 1.82) is 0 Å². The maximum absolute atomic E-state index is 12.6. The van der Waals surface area contributed by atoms with Crippen molar-refractivity contribution in [2.45, 2.75) is 63.4 Å².